The highest BCUT2D eigenvalue weighted by molar-refractivity contribution is 5.97. The van der Waals surface area contributed by atoms with Crippen molar-refractivity contribution in [1.29, 1.82) is 0 Å². The van der Waals surface area contributed by atoms with Crippen molar-refractivity contribution in [2.75, 3.05) is 32.0 Å². The van der Waals surface area contributed by atoms with Crippen LogP contribution in [0.5, 0.6) is 0 Å². The van der Waals surface area contributed by atoms with Crippen molar-refractivity contribution in [3.8, 4) is 0 Å². The molecule has 0 radical (unpaired) electrons. The fourth-order valence-corrected chi connectivity index (χ4v) is 2.02. The van der Waals surface area contributed by atoms with Gasteiger partial charge in [-0.05, 0) is 37.7 Å². The van der Waals surface area contributed by atoms with Crippen LogP contribution in [0.25, 0.3) is 0 Å². The molecule has 5 heteroatoms. The van der Waals surface area contributed by atoms with Crippen molar-refractivity contribution in [2.24, 2.45) is 0 Å². The first kappa shape index (κ1) is 17.2. The Hall–Kier alpha value is -1.88. The van der Waals surface area contributed by atoms with Gasteiger partial charge in [0.2, 0.25) is 5.91 Å². The number of anilines is 1. The Kier molecular flexibility index (Phi) is 7.46. The number of nitrogens with zero attached hydrogens (tertiary/aromatic N) is 1. The Morgan fingerprint density at radius 1 is 1.24 bits per heavy atom. The molecule has 0 aliphatic carbocycles. The molecule has 5 nitrogen and oxygen atoms in total. The van der Waals surface area contributed by atoms with E-state index in [2.05, 4.69) is 29.4 Å². The molecule has 0 aromatic heterocycles. The Morgan fingerprint density at radius 3 is 2.62 bits per heavy atom. The smallest absolute Gasteiger partial charge is 0.251 e. The number of hydrogen-bond acceptors (Lipinski definition) is 3. The summed E-state index contributed by atoms with van der Waals surface area (Å²) in [6.45, 7) is 6.35. The van der Waals surface area contributed by atoms with E-state index in [1.165, 1.54) is 0 Å². The molecule has 0 unspecified atom stereocenters. The summed E-state index contributed by atoms with van der Waals surface area (Å²) in [5, 5.41) is 5.41. The minimum absolute atomic E-state index is 0.0537. The number of rotatable bonds is 8. The maximum atomic E-state index is 12.0. The molecule has 0 saturated heterocycles. The van der Waals surface area contributed by atoms with Crippen LogP contribution in [0.4, 0.5) is 5.69 Å². The van der Waals surface area contributed by atoms with Gasteiger partial charge in [-0.2, -0.15) is 0 Å². The van der Waals surface area contributed by atoms with E-state index in [0.717, 1.165) is 25.9 Å². The number of hydrogen-bond donors (Lipinski definition) is 2. The Morgan fingerprint density at radius 2 is 2.00 bits per heavy atom. The van der Waals surface area contributed by atoms with E-state index in [9.17, 15) is 9.59 Å². The van der Waals surface area contributed by atoms with Gasteiger partial charge in [-0.1, -0.05) is 26.3 Å². The minimum atomic E-state index is -0.163. The second-order valence-electron chi connectivity index (χ2n) is 4.93. The lowest BCUT2D eigenvalue weighted by Gasteiger charge is -2.19. The predicted octanol–water partition coefficient (Wildman–Crippen LogP) is 2.11. The van der Waals surface area contributed by atoms with Crippen LogP contribution in [0.2, 0.25) is 0 Å². The maximum absolute atomic E-state index is 12.0. The van der Waals surface area contributed by atoms with Gasteiger partial charge in [0.25, 0.3) is 5.91 Å². The standard InChI is InChI=1S/C16H25N3O2/c1-4-6-10-19(5-2)12-15(20)18-14-9-7-8-13(11-14)16(21)17-3/h7-9,11H,4-6,10,12H2,1-3H3,(H,17,21)(H,18,20). The number of carbonyl (C=O) groups is 2. The van der Waals surface area contributed by atoms with E-state index >= 15 is 0 Å². The van der Waals surface area contributed by atoms with Crippen molar-refractivity contribution in [2.45, 2.75) is 26.7 Å². The van der Waals surface area contributed by atoms with E-state index < -0.39 is 0 Å². The van der Waals surface area contributed by atoms with E-state index in [1.54, 1.807) is 31.3 Å². The summed E-state index contributed by atoms with van der Waals surface area (Å²) < 4.78 is 0. The van der Waals surface area contributed by atoms with E-state index in [4.69, 9.17) is 0 Å². The molecule has 2 N–H and O–H groups in total. The first-order chi connectivity index (χ1) is 10.1. The zero-order valence-electron chi connectivity index (χ0n) is 13.1. The third-order valence-corrected chi connectivity index (χ3v) is 3.28. The number of likely N-dealkylation sites (N-methyl/N-ethyl adjacent to an activating group) is 1. The summed E-state index contributed by atoms with van der Waals surface area (Å²) in [7, 11) is 1.58. The van der Waals surface area contributed by atoms with Crippen molar-refractivity contribution < 1.29 is 9.59 Å². The van der Waals surface area contributed by atoms with Gasteiger partial charge in [-0.25, -0.2) is 0 Å². The second kappa shape index (κ2) is 9.13. The van der Waals surface area contributed by atoms with Crippen molar-refractivity contribution in [3.63, 3.8) is 0 Å². The highest BCUT2D eigenvalue weighted by Crippen LogP contribution is 2.10. The van der Waals surface area contributed by atoms with Crippen molar-refractivity contribution in [3.05, 3.63) is 29.8 Å². The third kappa shape index (κ3) is 5.95. The number of nitrogens with one attached hydrogen (secondary N) is 2. The molecule has 0 spiro atoms. The van der Waals surface area contributed by atoms with Gasteiger partial charge in [0.1, 0.15) is 0 Å². The van der Waals surface area contributed by atoms with Gasteiger partial charge in [0.15, 0.2) is 0 Å². The number of benzene rings is 1. The largest absolute Gasteiger partial charge is 0.355 e. The molecular weight excluding hydrogens is 266 g/mol. The van der Waals surface area contributed by atoms with Gasteiger partial charge >= 0.3 is 0 Å². The van der Waals surface area contributed by atoms with Gasteiger partial charge in [-0.3, -0.25) is 14.5 Å². The average molecular weight is 291 g/mol. The summed E-state index contributed by atoms with van der Waals surface area (Å²) in [4.78, 5) is 25.7. The molecule has 0 aliphatic rings. The molecule has 0 saturated carbocycles. The quantitative estimate of drug-likeness (QED) is 0.771. The summed E-state index contributed by atoms with van der Waals surface area (Å²) in [6, 6.07) is 6.94. The number of unbranched alkanes of at least 4 members (excludes halogenated alkanes) is 1. The molecule has 0 fully saturated rings. The molecule has 21 heavy (non-hydrogen) atoms. The molecule has 1 aromatic rings. The van der Waals surface area contributed by atoms with Crippen LogP contribution in [0, 0.1) is 0 Å². The Labute approximate surface area is 126 Å². The van der Waals surface area contributed by atoms with Crippen LogP contribution in [0.15, 0.2) is 24.3 Å². The second-order valence-corrected chi connectivity index (χ2v) is 4.93. The molecule has 2 amide bonds. The van der Waals surface area contributed by atoms with Gasteiger partial charge in [0, 0.05) is 18.3 Å². The van der Waals surface area contributed by atoms with Crippen LogP contribution in [0.3, 0.4) is 0 Å². The Balaban J connectivity index is 2.59. The summed E-state index contributed by atoms with van der Waals surface area (Å²) >= 11 is 0. The van der Waals surface area contributed by atoms with Crippen LogP contribution >= 0.6 is 0 Å². The van der Waals surface area contributed by atoms with Crippen LogP contribution in [-0.4, -0.2) is 43.4 Å². The minimum Gasteiger partial charge on any atom is -0.355 e. The van der Waals surface area contributed by atoms with Crippen LogP contribution < -0.4 is 10.6 Å². The third-order valence-electron chi connectivity index (χ3n) is 3.28. The summed E-state index contributed by atoms with van der Waals surface area (Å²) in [6.07, 6.45) is 2.21. The monoisotopic (exact) mass is 291 g/mol. The van der Waals surface area contributed by atoms with E-state index in [0.29, 0.717) is 17.8 Å². The lowest BCUT2D eigenvalue weighted by atomic mass is 10.2. The highest BCUT2D eigenvalue weighted by Gasteiger charge is 2.10. The zero-order valence-corrected chi connectivity index (χ0v) is 13.1. The van der Waals surface area contributed by atoms with Crippen molar-refractivity contribution >= 4 is 17.5 Å². The average Bonchev–Trinajstić information content (AvgIpc) is 2.50. The van der Waals surface area contributed by atoms with Gasteiger partial charge < -0.3 is 10.6 Å². The highest BCUT2D eigenvalue weighted by atomic mass is 16.2. The summed E-state index contributed by atoms with van der Waals surface area (Å²) in [5.74, 6) is -0.216. The van der Waals surface area contributed by atoms with Crippen LogP contribution in [-0.2, 0) is 4.79 Å². The topological polar surface area (TPSA) is 61.4 Å². The SMILES string of the molecule is CCCCN(CC)CC(=O)Nc1cccc(C(=O)NC)c1. The van der Waals surface area contributed by atoms with E-state index in [1.807, 2.05) is 0 Å². The normalized spacial score (nSPS) is 10.5. The molecule has 0 atom stereocenters. The fraction of sp³-hybridized carbons (Fsp3) is 0.500. The van der Waals surface area contributed by atoms with Crippen LogP contribution in [0.1, 0.15) is 37.0 Å². The fourth-order valence-electron chi connectivity index (χ4n) is 2.02. The first-order valence-corrected chi connectivity index (χ1v) is 7.45. The van der Waals surface area contributed by atoms with Crippen molar-refractivity contribution in [1.82, 2.24) is 10.2 Å². The molecule has 1 aromatic carbocycles. The number of amides is 2. The Bertz CT molecular complexity index is 474. The molecule has 1 rings (SSSR count). The first-order valence-electron chi connectivity index (χ1n) is 7.45. The predicted molar refractivity (Wildman–Crippen MR) is 85.5 cm³/mol. The zero-order chi connectivity index (χ0) is 15.7. The van der Waals surface area contributed by atoms with E-state index in [-0.39, 0.29) is 11.8 Å². The lowest BCUT2D eigenvalue weighted by molar-refractivity contribution is -0.117. The van der Waals surface area contributed by atoms with Gasteiger partial charge in [0.05, 0.1) is 6.54 Å². The van der Waals surface area contributed by atoms with Gasteiger partial charge in [-0.15, -0.1) is 0 Å². The molecule has 0 bridgehead atoms. The number of carbonyl (C=O) groups excluding carboxylic acids is 2. The molecule has 0 aliphatic heterocycles. The lowest BCUT2D eigenvalue weighted by Crippen LogP contribution is -2.33. The molecular formula is C16H25N3O2. The molecule has 116 valence electrons. The maximum Gasteiger partial charge on any atom is 0.251 e. The molecule has 0 heterocycles. The summed E-state index contributed by atoms with van der Waals surface area (Å²) in [5.41, 5.74) is 1.18.